The van der Waals surface area contributed by atoms with E-state index in [0.29, 0.717) is 5.92 Å². The van der Waals surface area contributed by atoms with Crippen molar-refractivity contribution in [3.63, 3.8) is 0 Å². The van der Waals surface area contributed by atoms with Gasteiger partial charge in [-0.05, 0) is 67.5 Å². The number of methoxy groups -OCH3 is 2. The molecule has 0 N–H and O–H groups in total. The molecule has 0 saturated heterocycles. The molecule has 186 valence electrons. The Hall–Kier alpha value is -3.25. The minimum Gasteiger partial charge on any atom is -0.497 e. The van der Waals surface area contributed by atoms with Crippen LogP contribution in [0.3, 0.4) is 0 Å². The summed E-state index contributed by atoms with van der Waals surface area (Å²) in [5.41, 5.74) is 4.84. The smallest absolute Gasteiger partial charge is 0.308 e. The zero-order chi connectivity index (χ0) is 25.2. The Labute approximate surface area is 217 Å². The minimum absolute atomic E-state index is 0.0113. The van der Waals surface area contributed by atoms with Gasteiger partial charge in [0, 0.05) is 41.6 Å². The van der Waals surface area contributed by atoms with Crippen LogP contribution in [0.4, 0.5) is 5.69 Å². The molecule has 6 heteroatoms. The van der Waals surface area contributed by atoms with Crippen molar-refractivity contribution in [1.82, 2.24) is 0 Å². The monoisotopic (exact) mass is 501 g/mol. The number of thioether (sulfide) groups is 1. The predicted molar refractivity (Wildman–Crippen MR) is 146 cm³/mol. The van der Waals surface area contributed by atoms with E-state index in [4.69, 9.17) is 9.47 Å². The fourth-order valence-electron chi connectivity index (χ4n) is 5.32. The number of esters is 1. The Morgan fingerprint density at radius 2 is 1.78 bits per heavy atom. The second-order valence-electron chi connectivity index (χ2n) is 9.57. The number of fused-ring (bicyclic) bond motifs is 2. The van der Waals surface area contributed by atoms with Crippen LogP contribution in [0.25, 0.3) is 17.0 Å². The van der Waals surface area contributed by atoms with Crippen LogP contribution in [-0.4, -0.2) is 27.2 Å². The van der Waals surface area contributed by atoms with Gasteiger partial charge in [-0.3, -0.25) is 4.79 Å². The van der Waals surface area contributed by atoms with Gasteiger partial charge in [0.15, 0.2) is 0 Å². The fraction of sp³-hybridized carbons (Fsp3) is 0.333. The van der Waals surface area contributed by atoms with Crippen molar-refractivity contribution < 1.29 is 18.8 Å². The second-order valence-corrected chi connectivity index (χ2v) is 10.6. The van der Waals surface area contributed by atoms with Crippen molar-refractivity contribution in [3.8, 4) is 5.75 Å². The third kappa shape index (κ3) is 4.74. The molecule has 5 rings (SSSR count). The largest absolute Gasteiger partial charge is 0.497 e. The molecule has 5 nitrogen and oxygen atoms in total. The number of aromatic nitrogens is 1. The molecule has 1 aliphatic carbocycles. The normalized spacial score (nSPS) is 21.1. The first kappa shape index (κ1) is 24.4. The van der Waals surface area contributed by atoms with Crippen LogP contribution in [0.1, 0.15) is 31.4 Å². The number of pyridine rings is 1. The molecule has 0 bridgehead atoms. The number of allylic oxidation sites excluding steroid dienone is 2. The van der Waals surface area contributed by atoms with Gasteiger partial charge in [-0.25, -0.2) is 0 Å². The summed E-state index contributed by atoms with van der Waals surface area (Å²) in [6, 6.07) is 19.1. The summed E-state index contributed by atoms with van der Waals surface area (Å²) in [4.78, 5) is 15.6. The van der Waals surface area contributed by atoms with Crippen LogP contribution in [0, 0.1) is 11.8 Å². The van der Waals surface area contributed by atoms with E-state index in [0.717, 1.165) is 37.1 Å². The number of rotatable bonds is 5. The van der Waals surface area contributed by atoms with E-state index in [2.05, 4.69) is 84.2 Å². The lowest BCUT2D eigenvalue weighted by atomic mass is 9.78. The summed E-state index contributed by atoms with van der Waals surface area (Å²) in [6.45, 7) is 0. The average molecular weight is 502 g/mol. The summed E-state index contributed by atoms with van der Waals surface area (Å²) >= 11 is 1.79. The van der Waals surface area contributed by atoms with E-state index in [9.17, 15) is 4.79 Å². The van der Waals surface area contributed by atoms with Crippen LogP contribution in [0.5, 0.6) is 5.75 Å². The molecule has 36 heavy (non-hydrogen) atoms. The van der Waals surface area contributed by atoms with Gasteiger partial charge in [0.1, 0.15) is 12.8 Å². The summed E-state index contributed by atoms with van der Waals surface area (Å²) in [5.74, 6) is 1.19. The molecule has 0 spiro atoms. The first-order valence-corrected chi connectivity index (χ1v) is 13.3. The van der Waals surface area contributed by atoms with Gasteiger partial charge in [-0.1, -0.05) is 23.9 Å². The maximum atomic E-state index is 12.1. The molecule has 3 aromatic rings. The molecule has 1 aliphatic heterocycles. The van der Waals surface area contributed by atoms with Crippen molar-refractivity contribution in [1.29, 1.82) is 0 Å². The van der Waals surface area contributed by atoms with E-state index in [-0.39, 0.29) is 11.9 Å². The van der Waals surface area contributed by atoms with Crippen LogP contribution >= 0.6 is 11.8 Å². The maximum Gasteiger partial charge on any atom is 0.308 e. The average Bonchev–Trinajstić information content (AvgIpc) is 3.23. The van der Waals surface area contributed by atoms with E-state index in [1.54, 1.807) is 18.9 Å². The molecule has 1 saturated carbocycles. The number of para-hydroxylation sites is 1. The van der Waals surface area contributed by atoms with Crippen molar-refractivity contribution in [2.24, 2.45) is 18.9 Å². The van der Waals surface area contributed by atoms with Gasteiger partial charge in [0.25, 0.3) is 0 Å². The number of carbonyl (C=O) groups excluding carboxylic acids is 1. The van der Waals surface area contributed by atoms with Gasteiger partial charge in [0.2, 0.25) is 11.2 Å². The summed E-state index contributed by atoms with van der Waals surface area (Å²) < 4.78 is 12.7. The molecule has 0 atom stereocenters. The van der Waals surface area contributed by atoms with Crippen molar-refractivity contribution in [2.45, 2.75) is 30.6 Å². The molecule has 2 heterocycles. The Morgan fingerprint density at radius 3 is 2.53 bits per heavy atom. The number of hydrogen-bond acceptors (Lipinski definition) is 5. The molecule has 0 radical (unpaired) electrons. The highest BCUT2D eigenvalue weighted by Crippen LogP contribution is 2.47. The predicted octanol–water partition coefficient (Wildman–Crippen LogP) is 6.12. The first-order valence-electron chi connectivity index (χ1n) is 12.5. The molecule has 0 unspecified atom stereocenters. The zero-order valence-electron chi connectivity index (χ0n) is 21.4. The summed E-state index contributed by atoms with van der Waals surface area (Å²) in [6.07, 6.45) is 8.35. The van der Waals surface area contributed by atoms with Gasteiger partial charge in [0.05, 0.1) is 30.9 Å². The molecule has 2 aromatic carbocycles. The number of carbonyl (C=O) groups is 1. The lowest BCUT2D eigenvalue weighted by Gasteiger charge is -2.28. The topological polar surface area (TPSA) is 42.6 Å². The number of ether oxygens (including phenoxy) is 2. The highest BCUT2D eigenvalue weighted by molar-refractivity contribution is 8.03. The standard InChI is InChI=1S/C30H33N2O3S/c1-31-24(14-13-21-7-5-6-8-26(21)31)17-23(20-9-11-22(12-10-20)30(33)35-4)18-29-32(2)27-19-25(34-3)15-16-28(27)36-29/h5-8,13-20,22H,9-12H2,1-4H3/q+1. The van der Waals surface area contributed by atoms with E-state index >= 15 is 0 Å². The molecule has 2 aliphatic rings. The minimum atomic E-state index is -0.0752. The number of nitrogens with zero attached hydrogens (tertiary/aromatic N) is 2. The van der Waals surface area contributed by atoms with Gasteiger partial charge < -0.3 is 14.4 Å². The summed E-state index contributed by atoms with van der Waals surface area (Å²) in [5, 5.41) is 2.43. The quantitative estimate of drug-likeness (QED) is 0.311. The third-order valence-electron chi connectivity index (χ3n) is 7.53. The van der Waals surface area contributed by atoms with Crippen molar-refractivity contribution in [3.05, 3.63) is 77.0 Å². The Morgan fingerprint density at radius 1 is 1.03 bits per heavy atom. The van der Waals surface area contributed by atoms with E-state index < -0.39 is 0 Å². The number of hydrogen-bond donors (Lipinski definition) is 0. The maximum absolute atomic E-state index is 12.1. The highest BCUT2D eigenvalue weighted by atomic mass is 32.2. The molecule has 0 amide bonds. The van der Waals surface area contributed by atoms with Gasteiger partial charge in [-0.2, -0.15) is 4.57 Å². The number of aryl methyl sites for hydroxylation is 1. The van der Waals surface area contributed by atoms with Crippen LogP contribution in [0.15, 0.2) is 76.2 Å². The lowest BCUT2D eigenvalue weighted by Crippen LogP contribution is -2.33. The Bertz CT molecular complexity index is 1360. The fourth-order valence-corrected chi connectivity index (χ4v) is 6.42. The second kappa shape index (κ2) is 10.4. The van der Waals surface area contributed by atoms with E-state index in [1.807, 2.05) is 6.07 Å². The lowest BCUT2D eigenvalue weighted by molar-refractivity contribution is -0.646. The third-order valence-corrected chi connectivity index (χ3v) is 8.70. The zero-order valence-corrected chi connectivity index (χ0v) is 22.2. The van der Waals surface area contributed by atoms with Crippen LogP contribution in [0.2, 0.25) is 0 Å². The first-order chi connectivity index (χ1) is 17.5. The Kier molecular flexibility index (Phi) is 7.06. The highest BCUT2D eigenvalue weighted by Gasteiger charge is 2.30. The van der Waals surface area contributed by atoms with Gasteiger partial charge >= 0.3 is 5.97 Å². The van der Waals surface area contributed by atoms with Crippen molar-refractivity contribution >= 4 is 40.4 Å². The number of benzene rings is 2. The van der Waals surface area contributed by atoms with Crippen molar-refractivity contribution in [2.75, 3.05) is 26.2 Å². The van der Waals surface area contributed by atoms with Crippen LogP contribution < -0.4 is 14.2 Å². The van der Waals surface area contributed by atoms with Crippen LogP contribution in [-0.2, 0) is 16.6 Å². The molecule has 1 fully saturated rings. The number of anilines is 1. The molecular weight excluding hydrogens is 468 g/mol. The van der Waals surface area contributed by atoms with E-state index in [1.165, 1.54) is 39.2 Å². The Balaban J connectivity index is 1.52. The van der Waals surface area contributed by atoms with Gasteiger partial charge in [-0.15, -0.1) is 0 Å². The summed E-state index contributed by atoms with van der Waals surface area (Å²) in [7, 11) is 7.44. The SMILES string of the molecule is COC(=O)C1CCC(C(=C\c2ccc3ccccc3[n+]2C)/C=C2/Sc3ccc(OC)cc3N2C)CC1. The molecule has 1 aromatic heterocycles. The molecular formula is C30H33N2O3S+.